The van der Waals surface area contributed by atoms with Crippen molar-refractivity contribution in [3.63, 3.8) is 0 Å². The maximum Gasteiger partial charge on any atom is 0.492 e. The van der Waals surface area contributed by atoms with Gasteiger partial charge in [-0.1, -0.05) is 13.3 Å². The van der Waals surface area contributed by atoms with Gasteiger partial charge < -0.3 is 9.42 Å². The lowest BCUT2D eigenvalue weighted by Gasteiger charge is -2.09. The van der Waals surface area contributed by atoms with Gasteiger partial charge in [0.15, 0.2) is 0 Å². The van der Waals surface area contributed by atoms with Crippen molar-refractivity contribution in [3.05, 3.63) is 0 Å². The van der Waals surface area contributed by atoms with E-state index < -0.39 is 20.8 Å². The minimum atomic E-state index is -4.95. The first-order valence-corrected chi connectivity index (χ1v) is 7.04. The summed E-state index contributed by atoms with van der Waals surface area (Å²) in [6.45, 7) is 1.64. The van der Waals surface area contributed by atoms with Crippen LogP contribution >= 0.6 is 15.5 Å². The molecule has 9 heteroatoms. The molecule has 1 atom stereocenters. The topological polar surface area (TPSA) is 124 Å². The fourth-order valence-corrected chi connectivity index (χ4v) is 2.57. The molecular weight excluding hydrogens is 234 g/mol. The molecule has 0 fully saturated rings. The summed E-state index contributed by atoms with van der Waals surface area (Å²) in [4.78, 5) is 44.9. The molecule has 0 aliphatic rings. The van der Waals surface area contributed by atoms with E-state index in [0.717, 1.165) is 0 Å². The minimum absolute atomic E-state index is 0.157. The Labute approximate surface area is 81.5 Å². The van der Waals surface area contributed by atoms with Crippen LogP contribution in [0.3, 0.4) is 0 Å². The summed E-state index contributed by atoms with van der Waals surface area (Å²) in [6.07, 6.45) is 1.14. The van der Waals surface area contributed by atoms with Crippen LogP contribution in [-0.4, -0.2) is 31.4 Å². The molecule has 4 N–H and O–H groups in total. The minimum Gasteiger partial charge on any atom is -0.316 e. The molecule has 0 radical (unpaired) electrons. The van der Waals surface area contributed by atoms with Crippen LogP contribution in [0.15, 0.2) is 0 Å². The molecule has 0 amide bonds. The van der Waals surface area contributed by atoms with Gasteiger partial charge in [0.05, 0.1) is 6.61 Å². The van der Waals surface area contributed by atoms with Gasteiger partial charge in [-0.3, -0.25) is 0 Å². The van der Waals surface area contributed by atoms with E-state index in [1.165, 1.54) is 0 Å². The lowest BCUT2D eigenvalue weighted by Crippen LogP contribution is -2.06. The van der Waals surface area contributed by atoms with Crippen LogP contribution in [0, 0.1) is 0 Å². The van der Waals surface area contributed by atoms with Gasteiger partial charge in [-0.25, -0.2) is 9.36 Å². The third-order valence-corrected chi connectivity index (χ3v) is 4.36. The van der Waals surface area contributed by atoms with Crippen LogP contribution in [0.5, 0.6) is 0 Å². The van der Waals surface area contributed by atoms with Crippen molar-refractivity contribution in [1.82, 2.24) is 0 Å². The third kappa shape index (κ3) is 4.57. The summed E-state index contributed by atoms with van der Waals surface area (Å²) in [5.41, 5.74) is 0. The normalized spacial score (nSPS) is 16.4. The largest absolute Gasteiger partial charge is 0.492 e. The Bertz CT molecular complexity index is 245. The Morgan fingerprint density at radius 1 is 1.43 bits per heavy atom. The Hall–Kier alpha value is 0.130. The second-order valence-electron chi connectivity index (χ2n) is 2.56. The first-order chi connectivity index (χ1) is 6.22. The number of rotatable bonds is 6. The van der Waals surface area contributed by atoms with Crippen LogP contribution in [0.2, 0.25) is 0 Å². The fraction of sp³-hybridized carbons (Fsp3) is 0.800. The van der Waals surface area contributed by atoms with E-state index in [1.807, 2.05) is 0 Å². The molecule has 7 nitrogen and oxygen atoms in total. The highest BCUT2D eigenvalue weighted by Crippen LogP contribution is 2.62. The van der Waals surface area contributed by atoms with Gasteiger partial charge in [0.1, 0.15) is 0 Å². The highest BCUT2D eigenvalue weighted by atomic mass is 31.3. The molecule has 14 heavy (non-hydrogen) atoms. The van der Waals surface area contributed by atoms with Crippen molar-refractivity contribution in [2.24, 2.45) is 0 Å². The van der Waals surface area contributed by atoms with Crippen molar-refractivity contribution >= 4 is 20.8 Å². The lowest BCUT2D eigenvalue weighted by atomic mass is 10.4. The van der Waals surface area contributed by atoms with Crippen LogP contribution in [0.1, 0.15) is 19.8 Å². The van der Waals surface area contributed by atoms with E-state index in [4.69, 9.17) is 19.6 Å². The van der Waals surface area contributed by atoms with Gasteiger partial charge >= 0.3 is 20.8 Å². The molecule has 0 saturated heterocycles. The van der Waals surface area contributed by atoms with E-state index in [-0.39, 0.29) is 6.61 Å². The highest BCUT2D eigenvalue weighted by Gasteiger charge is 2.56. The molecule has 84 valence electrons. The molecule has 0 aromatic rings. The van der Waals surface area contributed by atoms with E-state index in [9.17, 15) is 9.36 Å². The Morgan fingerprint density at radius 2 is 1.93 bits per heavy atom. The van der Waals surface area contributed by atoms with Gasteiger partial charge in [0.25, 0.3) is 0 Å². The molecule has 0 bridgehead atoms. The lowest BCUT2D eigenvalue weighted by molar-refractivity contribution is 0.230. The molecule has 0 aliphatic carbocycles. The Morgan fingerprint density at radius 3 is 2.29 bits per heavy atom. The average molecular weight is 247 g/mol. The number of carbonyl (C=O) groups excluding carboxylic acids is 1. The van der Waals surface area contributed by atoms with Crippen molar-refractivity contribution < 1.29 is 33.5 Å². The quantitative estimate of drug-likeness (QED) is 0.405. The third-order valence-electron chi connectivity index (χ3n) is 1.26. The number of unbranched alkanes of at least 4 members (excludes halogenated alkanes) is 1. The number of carbonyl (C=O) groups is 1. The molecule has 0 aromatic heterocycles. The predicted molar refractivity (Wildman–Crippen MR) is 49.7 cm³/mol. The Balaban J connectivity index is 4.33. The van der Waals surface area contributed by atoms with Crippen LogP contribution in [0.25, 0.3) is 0 Å². The van der Waals surface area contributed by atoms with Gasteiger partial charge in [0.2, 0.25) is 0 Å². The average Bonchev–Trinajstić information content (AvgIpc) is 2.01. The monoisotopic (exact) mass is 247 g/mol. The Kier molecular flexibility index (Phi) is 5.33. The van der Waals surface area contributed by atoms with Crippen LogP contribution < -0.4 is 0 Å². The summed E-state index contributed by atoms with van der Waals surface area (Å²) < 4.78 is 15.2. The van der Waals surface area contributed by atoms with Crippen molar-refractivity contribution in [2.75, 3.05) is 6.61 Å². The molecule has 0 saturated carbocycles. The summed E-state index contributed by atoms with van der Waals surface area (Å²) in [5, 5.41) is -1.94. The van der Waals surface area contributed by atoms with Crippen molar-refractivity contribution in [3.8, 4) is 0 Å². The maximum absolute atomic E-state index is 11.0. The summed E-state index contributed by atoms with van der Waals surface area (Å²) in [7, 11) is -9.73. The van der Waals surface area contributed by atoms with Gasteiger partial charge in [0, 0.05) is 0 Å². The van der Waals surface area contributed by atoms with Crippen molar-refractivity contribution in [1.29, 1.82) is 0 Å². The first kappa shape index (κ1) is 14.1. The number of hydrogen-bond donors (Lipinski definition) is 4. The maximum atomic E-state index is 11.0. The zero-order chi connectivity index (χ0) is 11.4. The van der Waals surface area contributed by atoms with Crippen LogP contribution in [0.4, 0.5) is 4.79 Å². The van der Waals surface area contributed by atoms with Crippen LogP contribution in [-0.2, 0) is 9.09 Å². The van der Waals surface area contributed by atoms with Gasteiger partial charge in [-0.15, -0.1) is 0 Å². The molecular formula is C5H13O7P2+. The van der Waals surface area contributed by atoms with E-state index in [0.29, 0.717) is 12.8 Å². The zero-order valence-electron chi connectivity index (χ0n) is 7.53. The summed E-state index contributed by atoms with van der Waals surface area (Å²) >= 11 is 0. The standard InChI is InChI=1S/C5H12O7P2/c1-2-3-4-12-14(10,11)5(6)13(7,8)9/h7-9H,2-4H2,1H3/p+1. The SMILES string of the molecule is CCCCOP(=O)(O)C(=O)[P+](O)(O)O. The molecule has 0 aromatic carbocycles. The highest BCUT2D eigenvalue weighted by molar-refractivity contribution is 8.00. The van der Waals surface area contributed by atoms with Gasteiger partial charge in [-0.2, -0.15) is 14.7 Å². The predicted octanol–water partition coefficient (Wildman–Crippen LogP) is 0.848. The summed E-state index contributed by atoms with van der Waals surface area (Å²) in [6, 6.07) is 0. The fourth-order valence-electron chi connectivity index (χ4n) is 0.557. The molecule has 0 aliphatic heterocycles. The van der Waals surface area contributed by atoms with E-state index in [1.54, 1.807) is 6.92 Å². The molecule has 1 unspecified atom stereocenters. The second kappa shape index (κ2) is 5.28. The smallest absolute Gasteiger partial charge is 0.316 e. The second-order valence-corrected chi connectivity index (χ2v) is 6.16. The zero-order valence-corrected chi connectivity index (χ0v) is 9.32. The molecule has 0 spiro atoms. The van der Waals surface area contributed by atoms with E-state index >= 15 is 0 Å². The van der Waals surface area contributed by atoms with Gasteiger partial charge in [-0.05, 0) is 6.42 Å². The number of hydrogen-bond acceptors (Lipinski definition) is 6. The van der Waals surface area contributed by atoms with E-state index in [2.05, 4.69) is 4.52 Å². The molecule has 0 rings (SSSR count). The first-order valence-electron chi connectivity index (χ1n) is 3.81. The van der Waals surface area contributed by atoms with Crippen molar-refractivity contribution in [2.45, 2.75) is 19.8 Å². The summed E-state index contributed by atoms with van der Waals surface area (Å²) in [5.74, 6) is 0. The molecule has 0 heterocycles.